The maximum absolute atomic E-state index is 2.70. The van der Waals surface area contributed by atoms with Gasteiger partial charge in [-0.3, -0.25) is 0 Å². The van der Waals surface area contributed by atoms with Gasteiger partial charge in [0.1, 0.15) is 0 Å². The molecular formula is C12H25N. The van der Waals surface area contributed by atoms with Crippen molar-refractivity contribution in [1.29, 1.82) is 0 Å². The molecule has 1 aliphatic rings. The van der Waals surface area contributed by atoms with E-state index >= 15 is 0 Å². The van der Waals surface area contributed by atoms with Crippen LogP contribution in [0.25, 0.3) is 0 Å². The molecule has 0 spiro atoms. The fourth-order valence-electron chi connectivity index (χ4n) is 2.59. The SMILES string of the molecule is CCC(CC)C(C)N1CCCCC1. The van der Waals surface area contributed by atoms with Crippen molar-refractivity contribution in [3.05, 3.63) is 0 Å². The summed E-state index contributed by atoms with van der Waals surface area (Å²) in [5.74, 6) is 0.915. The quantitative estimate of drug-likeness (QED) is 0.646. The third-order valence-corrected chi connectivity index (χ3v) is 3.70. The normalized spacial score (nSPS) is 22.2. The summed E-state index contributed by atoms with van der Waals surface area (Å²) in [7, 11) is 0. The maximum atomic E-state index is 2.70. The van der Waals surface area contributed by atoms with Crippen LogP contribution in [0.2, 0.25) is 0 Å². The summed E-state index contributed by atoms with van der Waals surface area (Å²) in [6.45, 7) is 9.77. The number of likely N-dealkylation sites (tertiary alicyclic amines) is 1. The van der Waals surface area contributed by atoms with Crippen LogP contribution >= 0.6 is 0 Å². The number of piperidine rings is 1. The topological polar surface area (TPSA) is 3.24 Å². The van der Waals surface area contributed by atoms with Gasteiger partial charge in [0.05, 0.1) is 0 Å². The van der Waals surface area contributed by atoms with Gasteiger partial charge in [0.2, 0.25) is 0 Å². The molecule has 0 saturated carbocycles. The molecule has 0 aromatic carbocycles. The first kappa shape index (κ1) is 11.0. The molecule has 1 fully saturated rings. The second kappa shape index (κ2) is 5.64. The van der Waals surface area contributed by atoms with Crippen LogP contribution in [0.1, 0.15) is 52.9 Å². The average Bonchev–Trinajstić information content (AvgIpc) is 2.21. The molecule has 1 rings (SSSR count). The number of hydrogen-bond acceptors (Lipinski definition) is 1. The summed E-state index contributed by atoms with van der Waals surface area (Å²) in [5.41, 5.74) is 0. The fraction of sp³-hybridized carbons (Fsp3) is 1.00. The van der Waals surface area contributed by atoms with E-state index in [1.165, 1.54) is 45.2 Å². The molecule has 1 heterocycles. The first-order valence-electron chi connectivity index (χ1n) is 6.03. The molecule has 13 heavy (non-hydrogen) atoms. The van der Waals surface area contributed by atoms with Crippen LogP contribution in [-0.4, -0.2) is 24.0 Å². The van der Waals surface area contributed by atoms with Gasteiger partial charge in [0.15, 0.2) is 0 Å². The lowest BCUT2D eigenvalue weighted by atomic mass is 9.93. The van der Waals surface area contributed by atoms with Crippen molar-refractivity contribution < 1.29 is 0 Å². The Hall–Kier alpha value is -0.0400. The minimum absolute atomic E-state index is 0.815. The Morgan fingerprint density at radius 1 is 1.00 bits per heavy atom. The average molecular weight is 183 g/mol. The second-order valence-corrected chi connectivity index (χ2v) is 4.41. The van der Waals surface area contributed by atoms with Crippen molar-refractivity contribution in [3.8, 4) is 0 Å². The molecule has 0 N–H and O–H groups in total. The van der Waals surface area contributed by atoms with Crippen molar-refractivity contribution in [1.82, 2.24) is 4.90 Å². The van der Waals surface area contributed by atoms with Crippen molar-refractivity contribution in [2.75, 3.05) is 13.1 Å². The van der Waals surface area contributed by atoms with Crippen LogP contribution in [0.15, 0.2) is 0 Å². The molecule has 1 saturated heterocycles. The van der Waals surface area contributed by atoms with Crippen LogP contribution in [0.4, 0.5) is 0 Å². The summed E-state index contributed by atoms with van der Waals surface area (Å²) in [5, 5.41) is 0. The van der Waals surface area contributed by atoms with Gasteiger partial charge < -0.3 is 4.90 Å². The van der Waals surface area contributed by atoms with Crippen LogP contribution in [0.3, 0.4) is 0 Å². The lowest BCUT2D eigenvalue weighted by Gasteiger charge is -2.36. The third-order valence-electron chi connectivity index (χ3n) is 3.70. The highest BCUT2D eigenvalue weighted by Gasteiger charge is 2.21. The minimum atomic E-state index is 0.815. The van der Waals surface area contributed by atoms with E-state index in [1.54, 1.807) is 0 Å². The van der Waals surface area contributed by atoms with Crippen LogP contribution < -0.4 is 0 Å². The third kappa shape index (κ3) is 2.98. The highest BCUT2D eigenvalue weighted by Crippen LogP contribution is 2.21. The monoisotopic (exact) mass is 183 g/mol. The predicted molar refractivity (Wildman–Crippen MR) is 59.0 cm³/mol. The lowest BCUT2D eigenvalue weighted by Crippen LogP contribution is -2.41. The van der Waals surface area contributed by atoms with Gasteiger partial charge in [0.25, 0.3) is 0 Å². The Labute approximate surface area is 83.5 Å². The molecule has 1 aliphatic heterocycles. The minimum Gasteiger partial charge on any atom is -0.300 e. The molecule has 1 nitrogen and oxygen atoms in total. The van der Waals surface area contributed by atoms with E-state index in [-0.39, 0.29) is 0 Å². The predicted octanol–water partition coefficient (Wildman–Crippen LogP) is 3.30. The smallest absolute Gasteiger partial charge is 0.00949 e. The number of nitrogens with zero attached hydrogens (tertiary/aromatic N) is 1. The Morgan fingerprint density at radius 3 is 2.00 bits per heavy atom. The zero-order valence-electron chi connectivity index (χ0n) is 9.55. The van der Waals surface area contributed by atoms with Gasteiger partial charge in [-0.25, -0.2) is 0 Å². The highest BCUT2D eigenvalue weighted by molar-refractivity contribution is 4.76. The largest absolute Gasteiger partial charge is 0.300 e. The van der Waals surface area contributed by atoms with Crippen LogP contribution in [-0.2, 0) is 0 Å². The Morgan fingerprint density at radius 2 is 1.54 bits per heavy atom. The van der Waals surface area contributed by atoms with E-state index < -0.39 is 0 Å². The molecule has 0 aromatic heterocycles. The van der Waals surface area contributed by atoms with E-state index in [4.69, 9.17) is 0 Å². The number of hydrogen-bond donors (Lipinski definition) is 0. The van der Waals surface area contributed by atoms with Crippen molar-refractivity contribution in [2.24, 2.45) is 5.92 Å². The molecule has 0 aliphatic carbocycles. The van der Waals surface area contributed by atoms with Gasteiger partial charge >= 0.3 is 0 Å². The molecule has 0 aromatic rings. The zero-order valence-corrected chi connectivity index (χ0v) is 9.55. The number of rotatable bonds is 4. The van der Waals surface area contributed by atoms with E-state index in [9.17, 15) is 0 Å². The first-order valence-corrected chi connectivity index (χ1v) is 6.03. The molecule has 1 atom stereocenters. The Kier molecular flexibility index (Phi) is 4.79. The first-order chi connectivity index (χ1) is 6.29. The van der Waals surface area contributed by atoms with Gasteiger partial charge in [-0.1, -0.05) is 33.1 Å². The van der Waals surface area contributed by atoms with Gasteiger partial charge in [-0.2, -0.15) is 0 Å². The van der Waals surface area contributed by atoms with Crippen molar-refractivity contribution in [3.63, 3.8) is 0 Å². The summed E-state index contributed by atoms with van der Waals surface area (Å²) in [4.78, 5) is 2.70. The van der Waals surface area contributed by atoms with E-state index in [1.807, 2.05) is 0 Å². The zero-order chi connectivity index (χ0) is 9.68. The Balaban J connectivity index is 2.38. The summed E-state index contributed by atoms with van der Waals surface area (Å²) in [6.07, 6.45) is 6.98. The fourth-order valence-corrected chi connectivity index (χ4v) is 2.59. The van der Waals surface area contributed by atoms with E-state index in [0.29, 0.717) is 0 Å². The lowest BCUT2D eigenvalue weighted by molar-refractivity contribution is 0.124. The highest BCUT2D eigenvalue weighted by atomic mass is 15.2. The summed E-state index contributed by atoms with van der Waals surface area (Å²) >= 11 is 0. The molecule has 0 amide bonds. The van der Waals surface area contributed by atoms with Gasteiger partial charge in [0, 0.05) is 6.04 Å². The molecule has 1 heteroatoms. The van der Waals surface area contributed by atoms with Crippen LogP contribution in [0, 0.1) is 5.92 Å². The maximum Gasteiger partial charge on any atom is 0.00949 e. The molecule has 0 bridgehead atoms. The molecular weight excluding hydrogens is 158 g/mol. The summed E-state index contributed by atoms with van der Waals surface area (Å²) < 4.78 is 0. The van der Waals surface area contributed by atoms with Crippen LogP contribution in [0.5, 0.6) is 0 Å². The van der Waals surface area contributed by atoms with Crippen molar-refractivity contribution in [2.45, 2.75) is 58.9 Å². The second-order valence-electron chi connectivity index (χ2n) is 4.41. The summed E-state index contributed by atoms with van der Waals surface area (Å²) in [6, 6.07) is 0.815. The standard InChI is InChI=1S/C12H25N/c1-4-12(5-2)11(3)13-9-7-6-8-10-13/h11-12H,4-10H2,1-3H3. The van der Waals surface area contributed by atoms with E-state index in [0.717, 1.165) is 12.0 Å². The molecule has 78 valence electrons. The molecule has 1 unspecified atom stereocenters. The van der Waals surface area contributed by atoms with Gasteiger partial charge in [-0.15, -0.1) is 0 Å². The molecule has 0 radical (unpaired) electrons. The van der Waals surface area contributed by atoms with Crippen molar-refractivity contribution >= 4 is 0 Å². The Bertz CT molecular complexity index is 123. The van der Waals surface area contributed by atoms with Gasteiger partial charge in [-0.05, 0) is 38.8 Å². The van der Waals surface area contributed by atoms with E-state index in [2.05, 4.69) is 25.7 Å².